The lowest BCUT2D eigenvalue weighted by molar-refractivity contribution is -0.117. The molecule has 0 aliphatic rings. The average molecular weight is 386 g/mol. The van der Waals surface area contributed by atoms with Crippen LogP contribution >= 0.6 is 0 Å². The third-order valence-corrected chi connectivity index (χ3v) is 3.82. The van der Waals surface area contributed by atoms with Crippen molar-refractivity contribution < 1.29 is 35.5 Å². The molecule has 0 aromatic carbocycles. The zero-order valence-electron chi connectivity index (χ0n) is 13.1. The van der Waals surface area contributed by atoms with Gasteiger partial charge in [0.15, 0.2) is 0 Å². The SMILES string of the molecule is C=CC(=O)NC(C)CS(=O)(=O)O.C=CC(=O)NCCCS(=O)(=O)O. The summed E-state index contributed by atoms with van der Waals surface area (Å²) in [7, 11) is -7.93. The summed E-state index contributed by atoms with van der Waals surface area (Å²) in [5.74, 6) is -1.66. The molecule has 0 spiro atoms. The number of hydrogen-bond donors (Lipinski definition) is 4. The van der Waals surface area contributed by atoms with Gasteiger partial charge in [0.2, 0.25) is 11.8 Å². The van der Waals surface area contributed by atoms with Gasteiger partial charge in [0, 0.05) is 12.6 Å². The quantitative estimate of drug-likeness (QED) is 0.225. The van der Waals surface area contributed by atoms with Crippen molar-refractivity contribution in [3.05, 3.63) is 25.3 Å². The molecule has 140 valence electrons. The fraction of sp³-hybridized carbons (Fsp3) is 0.500. The van der Waals surface area contributed by atoms with Crippen molar-refractivity contribution >= 4 is 32.1 Å². The Morgan fingerprint density at radius 3 is 1.92 bits per heavy atom. The fourth-order valence-electron chi connectivity index (χ4n) is 1.20. The van der Waals surface area contributed by atoms with Gasteiger partial charge < -0.3 is 10.6 Å². The van der Waals surface area contributed by atoms with E-state index in [0.717, 1.165) is 12.2 Å². The van der Waals surface area contributed by atoms with Gasteiger partial charge in [0.05, 0.1) is 11.5 Å². The molecule has 0 radical (unpaired) electrons. The highest BCUT2D eigenvalue weighted by molar-refractivity contribution is 7.86. The molecule has 0 aromatic rings. The van der Waals surface area contributed by atoms with Crippen molar-refractivity contribution in [2.75, 3.05) is 18.1 Å². The molecule has 24 heavy (non-hydrogen) atoms. The zero-order chi connectivity index (χ0) is 19.4. The Hall–Kier alpha value is -1.76. The molecule has 0 aromatic heterocycles. The fourth-order valence-corrected chi connectivity index (χ4v) is 2.42. The van der Waals surface area contributed by atoms with Gasteiger partial charge in [-0.2, -0.15) is 16.8 Å². The number of hydrogen-bond acceptors (Lipinski definition) is 6. The summed E-state index contributed by atoms with van der Waals surface area (Å²) in [4.78, 5) is 21.1. The lowest BCUT2D eigenvalue weighted by Crippen LogP contribution is -2.36. The largest absolute Gasteiger partial charge is 0.353 e. The minimum Gasteiger partial charge on any atom is -0.353 e. The van der Waals surface area contributed by atoms with Gasteiger partial charge in [0.1, 0.15) is 0 Å². The average Bonchev–Trinajstić information content (AvgIpc) is 2.40. The van der Waals surface area contributed by atoms with Crippen LogP contribution in [-0.4, -0.2) is 61.8 Å². The van der Waals surface area contributed by atoms with Crippen molar-refractivity contribution in [3.8, 4) is 0 Å². The summed E-state index contributed by atoms with van der Waals surface area (Å²) in [6.45, 7) is 8.07. The van der Waals surface area contributed by atoms with E-state index in [1.807, 2.05) is 0 Å². The number of carbonyl (C=O) groups is 2. The summed E-state index contributed by atoms with van der Waals surface area (Å²) in [6.07, 6.45) is 2.31. The Morgan fingerprint density at radius 1 is 1.04 bits per heavy atom. The maximum Gasteiger partial charge on any atom is 0.266 e. The first-order chi connectivity index (χ1) is 10.8. The molecule has 0 heterocycles. The molecular formula is C12H22N2O8S2. The minimum atomic E-state index is -4.03. The van der Waals surface area contributed by atoms with E-state index >= 15 is 0 Å². The van der Waals surface area contributed by atoms with E-state index in [-0.39, 0.29) is 24.6 Å². The lowest BCUT2D eigenvalue weighted by Gasteiger charge is -2.09. The molecule has 0 bridgehead atoms. The summed E-state index contributed by atoms with van der Waals surface area (Å²) < 4.78 is 57.6. The number of nitrogens with one attached hydrogen (secondary N) is 2. The highest BCUT2D eigenvalue weighted by atomic mass is 32.2. The Morgan fingerprint density at radius 2 is 1.54 bits per heavy atom. The van der Waals surface area contributed by atoms with Gasteiger partial charge >= 0.3 is 0 Å². The summed E-state index contributed by atoms with van der Waals surface area (Å²) in [5, 5.41) is 4.66. The van der Waals surface area contributed by atoms with Gasteiger partial charge in [-0.1, -0.05) is 13.2 Å². The smallest absolute Gasteiger partial charge is 0.266 e. The predicted octanol–water partition coefficient (Wildman–Crippen LogP) is -0.869. The monoisotopic (exact) mass is 386 g/mol. The second-order valence-corrected chi connectivity index (χ2v) is 7.57. The van der Waals surface area contributed by atoms with Crippen LogP contribution in [-0.2, 0) is 29.8 Å². The van der Waals surface area contributed by atoms with Crippen LogP contribution < -0.4 is 10.6 Å². The van der Waals surface area contributed by atoms with Gasteiger partial charge in [-0.15, -0.1) is 0 Å². The summed E-state index contributed by atoms with van der Waals surface area (Å²) in [5.41, 5.74) is 0. The summed E-state index contributed by atoms with van der Waals surface area (Å²) in [6, 6.07) is -0.620. The van der Waals surface area contributed by atoms with Crippen molar-refractivity contribution in [2.24, 2.45) is 0 Å². The van der Waals surface area contributed by atoms with Crippen molar-refractivity contribution in [3.63, 3.8) is 0 Å². The van der Waals surface area contributed by atoms with Crippen LogP contribution in [0, 0.1) is 0 Å². The Kier molecular flexibility index (Phi) is 12.0. The summed E-state index contributed by atoms with van der Waals surface area (Å²) >= 11 is 0. The Balaban J connectivity index is 0. The highest BCUT2D eigenvalue weighted by Crippen LogP contribution is 1.89. The van der Waals surface area contributed by atoms with E-state index in [4.69, 9.17) is 9.11 Å². The highest BCUT2D eigenvalue weighted by Gasteiger charge is 2.12. The van der Waals surface area contributed by atoms with Crippen molar-refractivity contribution in [1.82, 2.24) is 10.6 Å². The van der Waals surface area contributed by atoms with E-state index in [0.29, 0.717) is 0 Å². The maximum absolute atomic E-state index is 10.6. The van der Waals surface area contributed by atoms with Gasteiger partial charge in [-0.05, 0) is 25.5 Å². The molecule has 0 aliphatic carbocycles. The molecular weight excluding hydrogens is 364 g/mol. The molecule has 12 heteroatoms. The maximum atomic E-state index is 10.6. The molecule has 2 amide bonds. The zero-order valence-corrected chi connectivity index (χ0v) is 14.8. The van der Waals surface area contributed by atoms with Gasteiger partial charge in [-0.3, -0.25) is 18.7 Å². The third-order valence-electron chi connectivity index (χ3n) is 2.10. The second kappa shape index (κ2) is 11.7. The van der Waals surface area contributed by atoms with Crippen LogP contribution in [0.3, 0.4) is 0 Å². The Labute approximate surface area is 141 Å². The minimum absolute atomic E-state index is 0.193. The van der Waals surface area contributed by atoms with Crippen molar-refractivity contribution in [1.29, 1.82) is 0 Å². The van der Waals surface area contributed by atoms with Crippen LogP contribution in [0.1, 0.15) is 13.3 Å². The van der Waals surface area contributed by atoms with Crippen LogP contribution in [0.15, 0.2) is 25.3 Å². The van der Waals surface area contributed by atoms with E-state index in [2.05, 4.69) is 23.8 Å². The second-order valence-electron chi connectivity index (χ2n) is 4.50. The first-order valence-corrected chi connectivity index (χ1v) is 9.76. The molecule has 1 atom stereocenters. The number of rotatable bonds is 9. The molecule has 0 fully saturated rings. The topological polar surface area (TPSA) is 167 Å². The van der Waals surface area contributed by atoms with Gasteiger partial charge in [-0.25, -0.2) is 0 Å². The predicted molar refractivity (Wildman–Crippen MR) is 88.5 cm³/mol. The molecule has 0 rings (SSSR count). The molecule has 0 saturated heterocycles. The van der Waals surface area contributed by atoms with Crippen LogP contribution in [0.5, 0.6) is 0 Å². The van der Waals surface area contributed by atoms with Crippen LogP contribution in [0.4, 0.5) is 0 Å². The van der Waals surface area contributed by atoms with E-state index in [1.54, 1.807) is 0 Å². The van der Waals surface area contributed by atoms with Gasteiger partial charge in [0.25, 0.3) is 20.2 Å². The van der Waals surface area contributed by atoms with E-state index in [9.17, 15) is 26.4 Å². The van der Waals surface area contributed by atoms with E-state index in [1.165, 1.54) is 6.92 Å². The standard InChI is InChI=1S/2C6H11NO4S/c1-3-6(8)7-5(2)4-12(9,10)11;1-2-6(8)7-4-3-5-12(9,10)11/h3,5H,1,4H2,2H3,(H,7,8)(H,9,10,11);2H,1,3-5H2,(H,7,8)(H,9,10,11). The normalized spacial score (nSPS) is 12.1. The number of carbonyl (C=O) groups excluding carboxylic acids is 2. The van der Waals surface area contributed by atoms with Crippen LogP contribution in [0.2, 0.25) is 0 Å². The lowest BCUT2D eigenvalue weighted by atomic mass is 10.4. The molecule has 0 aliphatic heterocycles. The van der Waals surface area contributed by atoms with E-state index < -0.39 is 37.9 Å². The third kappa shape index (κ3) is 20.2. The first-order valence-electron chi connectivity index (χ1n) is 6.54. The Bertz CT molecular complexity index is 640. The molecule has 10 nitrogen and oxygen atoms in total. The first kappa shape index (κ1) is 24.5. The van der Waals surface area contributed by atoms with Crippen molar-refractivity contribution in [2.45, 2.75) is 19.4 Å². The number of amides is 2. The molecule has 1 unspecified atom stereocenters. The molecule has 4 N–H and O–H groups in total. The van der Waals surface area contributed by atoms with Crippen LogP contribution in [0.25, 0.3) is 0 Å². The molecule has 0 saturated carbocycles.